The second-order valence-electron chi connectivity index (χ2n) is 4.39. The molecule has 1 atom stereocenters. The molecule has 1 aromatic rings. The van der Waals surface area contributed by atoms with E-state index >= 15 is 0 Å². The predicted octanol–water partition coefficient (Wildman–Crippen LogP) is 3.23. The highest BCUT2D eigenvalue weighted by atomic mass is 79.9. The summed E-state index contributed by atoms with van der Waals surface area (Å²) < 4.78 is 2.95. The molecule has 0 saturated carbocycles. The van der Waals surface area contributed by atoms with Crippen LogP contribution in [0.2, 0.25) is 0 Å². The van der Waals surface area contributed by atoms with Gasteiger partial charge in [0, 0.05) is 13.5 Å². The second-order valence-corrected chi connectivity index (χ2v) is 5.18. The summed E-state index contributed by atoms with van der Waals surface area (Å²) in [7, 11) is 1.94. The average molecular weight is 284 g/mol. The van der Waals surface area contributed by atoms with Crippen LogP contribution in [0.15, 0.2) is 4.47 Å². The molecule has 0 bridgehead atoms. The summed E-state index contributed by atoms with van der Waals surface area (Å²) in [5.74, 6) is 0. The van der Waals surface area contributed by atoms with Crippen molar-refractivity contribution in [3.8, 4) is 6.07 Å². The molecule has 0 amide bonds. The molecule has 0 spiro atoms. The Morgan fingerprint density at radius 2 is 2.12 bits per heavy atom. The highest BCUT2D eigenvalue weighted by Gasteiger charge is 2.26. The lowest BCUT2D eigenvalue weighted by Gasteiger charge is -2.19. The largest absolute Gasteiger partial charge is 0.271 e. The monoisotopic (exact) mass is 283 g/mol. The van der Waals surface area contributed by atoms with Gasteiger partial charge >= 0.3 is 0 Å². The van der Waals surface area contributed by atoms with Gasteiger partial charge in [0.15, 0.2) is 0 Å². The van der Waals surface area contributed by atoms with Crippen molar-refractivity contribution in [3.05, 3.63) is 15.9 Å². The molecule has 4 heteroatoms. The summed E-state index contributed by atoms with van der Waals surface area (Å²) in [5, 5.41) is 13.6. The van der Waals surface area contributed by atoms with Gasteiger partial charge in [-0.3, -0.25) is 4.68 Å². The maximum atomic E-state index is 9.20. The molecular formula is C12H18BrN3. The number of halogens is 1. The maximum Gasteiger partial charge on any atom is 0.0766 e. The van der Waals surface area contributed by atoms with E-state index in [1.165, 1.54) is 0 Å². The molecule has 1 rings (SSSR count). The van der Waals surface area contributed by atoms with Crippen molar-refractivity contribution in [2.75, 3.05) is 0 Å². The topological polar surface area (TPSA) is 41.6 Å². The van der Waals surface area contributed by atoms with Gasteiger partial charge in [-0.15, -0.1) is 0 Å². The number of aryl methyl sites for hydroxylation is 2. The van der Waals surface area contributed by atoms with Crippen LogP contribution in [0.1, 0.15) is 38.6 Å². The molecule has 3 nitrogen and oxygen atoms in total. The van der Waals surface area contributed by atoms with Gasteiger partial charge in [0.05, 0.1) is 27.3 Å². The number of aromatic nitrogens is 2. The minimum atomic E-state index is -0.304. The first-order valence-corrected chi connectivity index (χ1v) is 6.38. The quantitative estimate of drug-likeness (QED) is 0.851. The van der Waals surface area contributed by atoms with E-state index in [1.54, 1.807) is 0 Å². The number of hydrogen-bond donors (Lipinski definition) is 0. The Morgan fingerprint density at radius 1 is 1.50 bits per heavy atom. The maximum absolute atomic E-state index is 9.20. The van der Waals surface area contributed by atoms with Gasteiger partial charge in [0.1, 0.15) is 0 Å². The molecule has 0 radical (unpaired) electrons. The third kappa shape index (κ3) is 2.46. The van der Waals surface area contributed by atoms with Crippen LogP contribution in [0.3, 0.4) is 0 Å². The van der Waals surface area contributed by atoms with Gasteiger partial charge in [-0.25, -0.2) is 0 Å². The van der Waals surface area contributed by atoms with E-state index in [0.29, 0.717) is 0 Å². The minimum absolute atomic E-state index is 0.304. The zero-order valence-electron chi connectivity index (χ0n) is 10.3. The van der Waals surface area contributed by atoms with Gasteiger partial charge in [-0.05, 0) is 35.7 Å². The Balaban J connectivity index is 3.07. The Bertz CT molecular complexity index is 417. The fourth-order valence-electron chi connectivity index (χ4n) is 1.63. The molecule has 0 N–H and O–H groups in total. The minimum Gasteiger partial charge on any atom is -0.271 e. The number of rotatable bonds is 4. The number of nitriles is 1. The van der Waals surface area contributed by atoms with E-state index in [4.69, 9.17) is 0 Å². The zero-order chi connectivity index (χ0) is 12.3. The molecule has 1 heterocycles. The highest BCUT2D eigenvalue weighted by molar-refractivity contribution is 9.10. The summed E-state index contributed by atoms with van der Waals surface area (Å²) in [6, 6.07) is 2.40. The Hall–Kier alpha value is -0.820. The molecule has 1 unspecified atom stereocenters. The van der Waals surface area contributed by atoms with Gasteiger partial charge in [0.25, 0.3) is 0 Å². The van der Waals surface area contributed by atoms with Crippen LogP contribution in [-0.4, -0.2) is 9.78 Å². The molecule has 0 aliphatic heterocycles. The van der Waals surface area contributed by atoms with Crippen LogP contribution < -0.4 is 0 Å². The fourth-order valence-corrected chi connectivity index (χ4v) is 2.38. The predicted molar refractivity (Wildman–Crippen MR) is 68.0 cm³/mol. The Morgan fingerprint density at radius 3 is 2.50 bits per heavy atom. The first-order valence-electron chi connectivity index (χ1n) is 5.59. The van der Waals surface area contributed by atoms with Crippen molar-refractivity contribution < 1.29 is 0 Å². The summed E-state index contributed by atoms with van der Waals surface area (Å²) in [6.45, 7) is 6.13. The molecule has 0 aliphatic rings. The average Bonchev–Trinajstić information content (AvgIpc) is 2.56. The molecular weight excluding hydrogens is 266 g/mol. The lowest BCUT2D eigenvalue weighted by Crippen LogP contribution is -2.18. The normalized spacial score (nSPS) is 14.5. The first-order chi connectivity index (χ1) is 7.47. The number of hydrogen-bond acceptors (Lipinski definition) is 2. The molecule has 0 fully saturated rings. The van der Waals surface area contributed by atoms with Crippen LogP contribution in [0.5, 0.6) is 0 Å². The van der Waals surface area contributed by atoms with Crippen LogP contribution in [0.25, 0.3) is 0 Å². The standard InChI is InChI=1S/C12H18BrN3/c1-5-9-11(13)10(16(4)15-9)7-12(3,6-2)8-14/h5-7H2,1-4H3. The van der Waals surface area contributed by atoms with Gasteiger partial charge in [-0.2, -0.15) is 10.4 Å². The summed E-state index contributed by atoms with van der Waals surface area (Å²) in [4.78, 5) is 0. The first kappa shape index (κ1) is 13.2. The smallest absolute Gasteiger partial charge is 0.0766 e. The van der Waals surface area contributed by atoms with Gasteiger partial charge < -0.3 is 0 Å². The lowest BCUT2D eigenvalue weighted by atomic mass is 9.84. The highest BCUT2D eigenvalue weighted by Crippen LogP contribution is 2.30. The third-order valence-electron chi connectivity index (χ3n) is 3.11. The van der Waals surface area contributed by atoms with Gasteiger partial charge in [-0.1, -0.05) is 13.8 Å². The summed E-state index contributed by atoms with van der Waals surface area (Å²) in [6.07, 6.45) is 2.50. The molecule has 88 valence electrons. The molecule has 0 saturated heterocycles. The van der Waals surface area contributed by atoms with E-state index in [2.05, 4.69) is 34.0 Å². The van der Waals surface area contributed by atoms with Crippen molar-refractivity contribution in [3.63, 3.8) is 0 Å². The molecule has 0 aromatic carbocycles. The lowest BCUT2D eigenvalue weighted by molar-refractivity contribution is 0.408. The van der Waals surface area contributed by atoms with E-state index in [-0.39, 0.29) is 5.41 Å². The molecule has 16 heavy (non-hydrogen) atoms. The Kier molecular flexibility index (Phi) is 4.15. The van der Waals surface area contributed by atoms with E-state index < -0.39 is 0 Å². The van der Waals surface area contributed by atoms with Crippen LogP contribution in [0, 0.1) is 16.7 Å². The molecule has 1 aromatic heterocycles. The van der Waals surface area contributed by atoms with Gasteiger partial charge in [0.2, 0.25) is 0 Å². The van der Waals surface area contributed by atoms with Crippen LogP contribution in [-0.2, 0) is 19.9 Å². The van der Waals surface area contributed by atoms with E-state index in [0.717, 1.165) is 35.1 Å². The fraction of sp³-hybridized carbons (Fsp3) is 0.667. The zero-order valence-corrected chi connectivity index (χ0v) is 11.9. The van der Waals surface area contributed by atoms with Crippen molar-refractivity contribution in [1.82, 2.24) is 9.78 Å². The van der Waals surface area contributed by atoms with Crippen molar-refractivity contribution in [1.29, 1.82) is 5.26 Å². The third-order valence-corrected chi connectivity index (χ3v) is 4.03. The van der Waals surface area contributed by atoms with E-state index in [9.17, 15) is 5.26 Å². The Labute approximate surface area is 106 Å². The second kappa shape index (κ2) is 5.01. The van der Waals surface area contributed by atoms with E-state index in [1.807, 2.05) is 25.6 Å². The summed E-state index contributed by atoms with van der Waals surface area (Å²) >= 11 is 3.58. The van der Waals surface area contributed by atoms with Crippen molar-refractivity contribution in [2.24, 2.45) is 12.5 Å². The van der Waals surface area contributed by atoms with Crippen LogP contribution in [0.4, 0.5) is 0 Å². The van der Waals surface area contributed by atoms with Crippen LogP contribution >= 0.6 is 15.9 Å². The summed E-state index contributed by atoms with van der Waals surface area (Å²) in [5.41, 5.74) is 1.87. The SMILES string of the molecule is CCc1nn(C)c(CC(C)(C#N)CC)c1Br. The number of nitrogens with zero attached hydrogens (tertiary/aromatic N) is 3. The van der Waals surface area contributed by atoms with Crippen molar-refractivity contribution in [2.45, 2.75) is 40.0 Å². The molecule has 0 aliphatic carbocycles. The van der Waals surface area contributed by atoms with Crippen molar-refractivity contribution >= 4 is 15.9 Å².